The standard InChI is InChI=1S/C23H24N2O6/c1-5-30-17-9-7-16(8-10-17)25-22(27)18(21(26)24-23(25)28)12-15-6-11-19(31-14(2)3)20(13-15)29-4/h6-14H,5H2,1-4H3,(H,24,26,28)/b18-12+. The maximum atomic E-state index is 13.0. The van der Waals surface area contributed by atoms with Crippen LogP contribution in [0.5, 0.6) is 17.2 Å². The number of ether oxygens (including phenoxy) is 3. The normalized spacial score (nSPS) is 15.3. The number of anilines is 1. The second-order valence-electron chi connectivity index (χ2n) is 6.96. The number of rotatable bonds is 7. The van der Waals surface area contributed by atoms with Crippen molar-refractivity contribution in [2.75, 3.05) is 18.6 Å². The smallest absolute Gasteiger partial charge is 0.335 e. The summed E-state index contributed by atoms with van der Waals surface area (Å²) >= 11 is 0. The third-order valence-electron chi connectivity index (χ3n) is 4.37. The van der Waals surface area contributed by atoms with Crippen LogP contribution < -0.4 is 24.4 Å². The lowest BCUT2D eigenvalue weighted by Gasteiger charge is -2.26. The van der Waals surface area contributed by atoms with Crippen molar-refractivity contribution >= 4 is 29.6 Å². The van der Waals surface area contributed by atoms with Crippen LogP contribution in [0.1, 0.15) is 26.3 Å². The first-order valence-corrected chi connectivity index (χ1v) is 9.83. The van der Waals surface area contributed by atoms with Crippen molar-refractivity contribution in [1.82, 2.24) is 5.32 Å². The Morgan fingerprint density at radius 2 is 1.74 bits per heavy atom. The van der Waals surface area contributed by atoms with E-state index in [0.29, 0.717) is 35.1 Å². The van der Waals surface area contributed by atoms with Crippen LogP contribution >= 0.6 is 0 Å². The molecule has 8 nitrogen and oxygen atoms in total. The van der Waals surface area contributed by atoms with Gasteiger partial charge < -0.3 is 14.2 Å². The molecule has 1 heterocycles. The van der Waals surface area contributed by atoms with E-state index in [1.165, 1.54) is 13.2 Å². The van der Waals surface area contributed by atoms with Gasteiger partial charge in [0.05, 0.1) is 25.5 Å². The molecule has 1 aliphatic rings. The third-order valence-corrected chi connectivity index (χ3v) is 4.37. The lowest BCUT2D eigenvalue weighted by atomic mass is 10.1. The Balaban J connectivity index is 1.93. The van der Waals surface area contributed by atoms with Gasteiger partial charge in [0.15, 0.2) is 11.5 Å². The number of benzene rings is 2. The van der Waals surface area contributed by atoms with Crippen molar-refractivity contribution in [2.45, 2.75) is 26.9 Å². The second-order valence-corrected chi connectivity index (χ2v) is 6.96. The van der Waals surface area contributed by atoms with Gasteiger partial charge >= 0.3 is 6.03 Å². The first kappa shape index (κ1) is 21.9. The molecule has 4 amide bonds. The summed E-state index contributed by atoms with van der Waals surface area (Å²) in [6.07, 6.45) is 1.37. The van der Waals surface area contributed by atoms with Crippen molar-refractivity contribution in [1.29, 1.82) is 0 Å². The molecule has 3 rings (SSSR count). The van der Waals surface area contributed by atoms with E-state index in [9.17, 15) is 14.4 Å². The van der Waals surface area contributed by atoms with Gasteiger partial charge in [0, 0.05) is 0 Å². The largest absolute Gasteiger partial charge is 0.494 e. The first-order chi connectivity index (χ1) is 14.8. The molecule has 0 spiro atoms. The Labute approximate surface area is 180 Å². The van der Waals surface area contributed by atoms with Gasteiger partial charge in [-0.05, 0) is 68.8 Å². The highest BCUT2D eigenvalue weighted by Gasteiger charge is 2.36. The predicted molar refractivity (Wildman–Crippen MR) is 115 cm³/mol. The molecular weight excluding hydrogens is 400 g/mol. The number of nitrogens with zero attached hydrogens (tertiary/aromatic N) is 1. The van der Waals surface area contributed by atoms with Gasteiger partial charge in [0.25, 0.3) is 11.8 Å². The number of methoxy groups -OCH3 is 1. The number of carbonyl (C=O) groups is 3. The Hall–Kier alpha value is -3.81. The molecule has 0 atom stereocenters. The summed E-state index contributed by atoms with van der Waals surface area (Å²) in [5.41, 5.74) is 0.697. The molecule has 31 heavy (non-hydrogen) atoms. The average molecular weight is 424 g/mol. The fraction of sp³-hybridized carbons (Fsp3) is 0.261. The number of amides is 4. The molecular formula is C23H24N2O6. The van der Waals surface area contributed by atoms with Gasteiger partial charge in [0.1, 0.15) is 11.3 Å². The number of hydrogen-bond acceptors (Lipinski definition) is 6. The van der Waals surface area contributed by atoms with Gasteiger partial charge in [0.2, 0.25) is 0 Å². The molecule has 0 unspecified atom stereocenters. The molecule has 162 valence electrons. The Morgan fingerprint density at radius 3 is 2.35 bits per heavy atom. The molecule has 1 saturated heterocycles. The summed E-state index contributed by atoms with van der Waals surface area (Å²) in [6, 6.07) is 10.7. The summed E-state index contributed by atoms with van der Waals surface area (Å²) < 4.78 is 16.4. The van der Waals surface area contributed by atoms with Crippen LogP contribution in [0.2, 0.25) is 0 Å². The van der Waals surface area contributed by atoms with E-state index in [2.05, 4.69) is 5.32 Å². The van der Waals surface area contributed by atoms with Crippen LogP contribution in [-0.2, 0) is 9.59 Å². The van der Waals surface area contributed by atoms with E-state index >= 15 is 0 Å². The minimum Gasteiger partial charge on any atom is -0.494 e. The number of imide groups is 2. The van der Waals surface area contributed by atoms with Crippen molar-refractivity contribution in [3.8, 4) is 17.2 Å². The Kier molecular flexibility index (Phi) is 6.59. The number of carbonyl (C=O) groups excluding carboxylic acids is 3. The number of nitrogens with one attached hydrogen (secondary N) is 1. The molecule has 0 aromatic heterocycles. The van der Waals surface area contributed by atoms with Gasteiger partial charge in [-0.1, -0.05) is 6.07 Å². The summed E-state index contributed by atoms with van der Waals surface area (Å²) in [6.45, 7) is 6.14. The molecule has 8 heteroatoms. The topological polar surface area (TPSA) is 94.2 Å². The van der Waals surface area contributed by atoms with Crippen LogP contribution in [0.25, 0.3) is 6.08 Å². The third kappa shape index (κ3) is 4.85. The lowest BCUT2D eigenvalue weighted by molar-refractivity contribution is -0.122. The van der Waals surface area contributed by atoms with Crippen LogP contribution in [-0.4, -0.2) is 37.7 Å². The molecule has 2 aromatic carbocycles. The summed E-state index contributed by atoms with van der Waals surface area (Å²) in [5, 5.41) is 2.21. The Bertz CT molecular complexity index is 1030. The van der Waals surface area contributed by atoms with Crippen LogP contribution in [0.4, 0.5) is 10.5 Å². The summed E-state index contributed by atoms with van der Waals surface area (Å²) in [7, 11) is 1.50. The number of hydrogen-bond donors (Lipinski definition) is 1. The van der Waals surface area contributed by atoms with E-state index in [-0.39, 0.29) is 11.7 Å². The SMILES string of the molecule is CCOc1ccc(N2C(=O)NC(=O)/C(=C\c3ccc(OC(C)C)c(OC)c3)C2=O)cc1. The van der Waals surface area contributed by atoms with Gasteiger partial charge in [-0.2, -0.15) is 0 Å². The summed E-state index contributed by atoms with van der Waals surface area (Å²) in [4.78, 5) is 38.7. The number of urea groups is 1. The van der Waals surface area contributed by atoms with Crippen molar-refractivity contribution in [2.24, 2.45) is 0 Å². The molecule has 1 N–H and O–H groups in total. The van der Waals surface area contributed by atoms with E-state index in [0.717, 1.165) is 4.90 Å². The van der Waals surface area contributed by atoms with E-state index < -0.39 is 17.8 Å². The van der Waals surface area contributed by atoms with Crippen molar-refractivity contribution in [3.05, 3.63) is 53.6 Å². The average Bonchev–Trinajstić information content (AvgIpc) is 2.73. The predicted octanol–water partition coefficient (Wildman–Crippen LogP) is 3.55. The highest BCUT2D eigenvalue weighted by molar-refractivity contribution is 6.39. The van der Waals surface area contributed by atoms with E-state index in [1.54, 1.807) is 42.5 Å². The van der Waals surface area contributed by atoms with Crippen molar-refractivity contribution < 1.29 is 28.6 Å². The van der Waals surface area contributed by atoms with Crippen LogP contribution in [0.15, 0.2) is 48.0 Å². The maximum Gasteiger partial charge on any atom is 0.335 e. The minimum absolute atomic E-state index is 0.0440. The maximum absolute atomic E-state index is 13.0. The molecule has 0 saturated carbocycles. The van der Waals surface area contributed by atoms with Crippen LogP contribution in [0.3, 0.4) is 0 Å². The first-order valence-electron chi connectivity index (χ1n) is 9.83. The van der Waals surface area contributed by atoms with Crippen molar-refractivity contribution in [3.63, 3.8) is 0 Å². The zero-order chi connectivity index (χ0) is 22.5. The van der Waals surface area contributed by atoms with Gasteiger partial charge in [-0.15, -0.1) is 0 Å². The van der Waals surface area contributed by atoms with Gasteiger partial charge in [-0.3, -0.25) is 14.9 Å². The lowest BCUT2D eigenvalue weighted by Crippen LogP contribution is -2.54. The quantitative estimate of drug-likeness (QED) is 0.540. The Morgan fingerprint density at radius 1 is 1.03 bits per heavy atom. The zero-order valence-corrected chi connectivity index (χ0v) is 17.8. The highest BCUT2D eigenvalue weighted by Crippen LogP contribution is 2.30. The van der Waals surface area contributed by atoms with E-state index in [1.807, 2.05) is 20.8 Å². The van der Waals surface area contributed by atoms with E-state index in [4.69, 9.17) is 14.2 Å². The fourth-order valence-electron chi connectivity index (χ4n) is 3.04. The monoisotopic (exact) mass is 424 g/mol. The molecule has 2 aromatic rings. The molecule has 0 aliphatic carbocycles. The second kappa shape index (κ2) is 9.34. The molecule has 0 bridgehead atoms. The minimum atomic E-state index is -0.811. The number of barbiturate groups is 1. The highest BCUT2D eigenvalue weighted by atomic mass is 16.5. The molecule has 1 aliphatic heterocycles. The molecule has 1 fully saturated rings. The zero-order valence-electron chi connectivity index (χ0n) is 17.8. The van der Waals surface area contributed by atoms with Crippen LogP contribution in [0, 0.1) is 0 Å². The summed E-state index contributed by atoms with van der Waals surface area (Å²) in [5.74, 6) is 0.133. The molecule has 0 radical (unpaired) electrons. The fourth-order valence-corrected chi connectivity index (χ4v) is 3.04. The van der Waals surface area contributed by atoms with Gasteiger partial charge in [-0.25, -0.2) is 9.69 Å².